The Morgan fingerprint density at radius 3 is 2.47 bits per heavy atom. The Morgan fingerprint density at radius 1 is 1.00 bits per heavy atom. The lowest BCUT2D eigenvalue weighted by molar-refractivity contribution is 0.0913. The van der Waals surface area contributed by atoms with Crippen LogP contribution in [0.1, 0.15) is 17.2 Å². The van der Waals surface area contributed by atoms with Gasteiger partial charge < -0.3 is 15.2 Å². The molecule has 3 rings (SSSR count). The van der Waals surface area contributed by atoms with Crippen molar-refractivity contribution in [1.82, 2.24) is 0 Å². The number of para-hydroxylation sites is 2. The fourth-order valence-corrected chi connectivity index (χ4v) is 2.25. The third kappa shape index (κ3) is 2.56. The molecule has 0 saturated heterocycles. The molecule has 0 spiro atoms. The van der Waals surface area contributed by atoms with Crippen LogP contribution in [-0.2, 0) is 6.42 Å². The number of hydrogen-bond acceptors (Lipinski definition) is 3. The van der Waals surface area contributed by atoms with Crippen LogP contribution in [0.5, 0.6) is 11.5 Å². The SMILES string of the molecule is NCCc1ccc([C@H]2COc3ccccc3O2)cc1. The molecule has 3 heteroatoms. The highest BCUT2D eigenvalue weighted by Gasteiger charge is 2.21. The van der Waals surface area contributed by atoms with Crippen molar-refractivity contribution in [1.29, 1.82) is 0 Å². The fraction of sp³-hybridized carbons (Fsp3) is 0.250. The van der Waals surface area contributed by atoms with Crippen LogP contribution in [0.3, 0.4) is 0 Å². The van der Waals surface area contributed by atoms with Crippen molar-refractivity contribution in [3.05, 3.63) is 59.7 Å². The molecule has 1 aliphatic heterocycles. The highest BCUT2D eigenvalue weighted by molar-refractivity contribution is 5.41. The van der Waals surface area contributed by atoms with Crippen molar-refractivity contribution in [3.63, 3.8) is 0 Å². The van der Waals surface area contributed by atoms with Crippen molar-refractivity contribution in [2.75, 3.05) is 13.2 Å². The van der Waals surface area contributed by atoms with Crippen molar-refractivity contribution in [3.8, 4) is 11.5 Å². The second-order valence-corrected chi connectivity index (χ2v) is 4.64. The molecule has 2 aromatic carbocycles. The van der Waals surface area contributed by atoms with E-state index in [-0.39, 0.29) is 6.10 Å². The van der Waals surface area contributed by atoms with E-state index in [1.807, 2.05) is 24.3 Å². The summed E-state index contributed by atoms with van der Waals surface area (Å²) in [6, 6.07) is 16.2. The van der Waals surface area contributed by atoms with Gasteiger partial charge in [-0.1, -0.05) is 36.4 Å². The minimum atomic E-state index is -0.0400. The summed E-state index contributed by atoms with van der Waals surface area (Å²) in [5, 5.41) is 0. The van der Waals surface area contributed by atoms with E-state index in [9.17, 15) is 0 Å². The molecule has 1 heterocycles. The molecule has 0 amide bonds. The second kappa shape index (κ2) is 5.33. The number of benzene rings is 2. The van der Waals surface area contributed by atoms with Gasteiger partial charge in [0.1, 0.15) is 6.61 Å². The first-order valence-corrected chi connectivity index (χ1v) is 6.54. The minimum absolute atomic E-state index is 0.0400. The van der Waals surface area contributed by atoms with Gasteiger partial charge in [-0.2, -0.15) is 0 Å². The van der Waals surface area contributed by atoms with Gasteiger partial charge in [-0.3, -0.25) is 0 Å². The molecule has 2 aromatic rings. The molecule has 0 saturated carbocycles. The Kier molecular flexibility index (Phi) is 3.38. The maximum absolute atomic E-state index is 5.97. The van der Waals surface area contributed by atoms with Crippen LogP contribution < -0.4 is 15.2 Å². The largest absolute Gasteiger partial charge is 0.485 e. The summed E-state index contributed by atoms with van der Waals surface area (Å²) >= 11 is 0. The van der Waals surface area contributed by atoms with Gasteiger partial charge in [0.05, 0.1) is 0 Å². The average molecular weight is 255 g/mol. The lowest BCUT2D eigenvalue weighted by atomic mass is 10.1. The van der Waals surface area contributed by atoms with Gasteiger partial charge in [-0.05, 0) is 36.2 Å². The van der Waals surface area contributed by atoms with Crippen LogP contribution >= 0.6 is 0 Å². The van der Waals surface area contributed by atoms with Crippen LogP contribution in [-0.4, -0.2) is 13.2 Å². The van der Waals surface area contributed by atoms with Crippen LogP contribution in [0.25, 0.3) is 0 Å². The van der Waals surface area contributed by atoms with Gasteiger partial charge in [-0.25, -0.2) is 0 Å². The zero-order valence-electron chi connectivity index (χ0n) is 10.7. The highest BCUT2D eigenvalue weighted by Crippen LogP contribution is 2.35. The van der Waals surface area contributed by atoms with E-state index in [0.29, 0.717) is 13.2 Å². The average Bonchev–Trinajstić information content (AvgIpc) is 2.48. The molecule has 1 atom stereocenters. The van der Waals surface area contributed by atoms with Crippen LogP contribution in [0.4, 0.5) is 0 Å². The molecular weight excluding hydrogens is 238 g/mol. The predicted octanol–water partition coefficient (Wildman–Crippen LogP) is 2.70. The van der Waals surface area contributed by atoms with Crippen LogP contribution in [0.2, 0.25) is 0 Å². The molecular formula is C16H17NO2. The van der Waals surface area contributed by atoms with Gasteiger partial charge in [0.15, 0.2) is 17.6 Å². The van der Waals surface area contributed by atoms with Crippen molar-refractivity contribution in [2.24, 2.45) is 5.73 Å². The zero-order chi connectivity index (χ0) is 13.1. The fourth-order valence-electron chi connectivity index (χ4n) is 2.25. The summed E-state index contributed by atoms with van der Waals surface area (Å²) in [7, 11) is 0. The lowest BCUT2D eigenvalue weighted by Crippen LogP contribution is -2.21. The molecule has 0 fully saturated rings. The Morgan fingerprint density at radius 2 is 1.74 bits per heavy atom. The van der Waals surface area contributed by atoms with E-state index < -0.39 is 0 Å². The molecule has 0 bridgehead atoms. The Labute approximate surface area is 113 Å². The third-order valence-corrected chi connectivity index (χ3v) is 3.29. The summed E-state index contributed by atoms with van der Waals surface area (Å²) in [4.78, 5) is 0. The number of fused-ring (bicyclic) bond motifs is 1. The first-order chi connectivity index (χ1) is 9.36. The predicted molar refractivity (Wildman–Crippen MR) is 74.5 cm³/mol. The maximum atomic E-state index is 5.97. The van der Waals surface area contributed by atoms with E-state index >= 15 is 0 Å². The molecule has 0 unspecified atom stereocenters. The smallest absolute Gasteiger partial charge is 0.162 e. The van der Waals surface area contributed by atoms with E-state index in [1.165, 1.54) is 5.56 Å². The first kappa shape index (κ1) is 12.1. The first-order valence-electron chi connectivity index (χ1n) is 6.54. The topological polar surface area (TPSA) is 44.5 Å². The number of hydrogen-bond donors (Lipinski definition) is 1. The van der Waals surface area contributed by atoms with Crippen molar-refractivity contribution < 1.29 is 9.47 Å². The normalized spacial score (nSPS) is 17.2. The van der Waals surface area contributed by atoms with Crippen LogP contribution in [0.15, 0.2) is 48.5 Å². The summed E-state index contributed by atoms with van der Waals surface area (Å²) < 4.78 is 11.7. The van der Waals surface area contributed by atoms with Crippen molar-refractivity contribution in [2.45, 2.75) is 12.5 Å². The summed E-state index contributed by atoms with van der Waals surface area (Å²) in [5.41, 5.74) is 7.94. The maximum Gasteiger partial charge on any atom is 0.162 e. The van der Waals surface area contributed by atoms with Gasteiger partial charge in [-0.15, -0.1) is 0 Å². The Balaban J connectivity index is 1.77. The second-order valence-electron chi connectivity index (χ2n) is 4.64. The summed E-state index contributed by atoms with van der Waals surface area (Å²) in [6.45, 7) is 1.23. The quantitative estimate of drug-likeness (QED) is 0.917. The minimum Gasteiger partial charge on any atom is -0.485 e. The van der Waals surface area contributed by atoms with E-state index in [2.05, 4.69) is 24.3 Å². The monoisotopic (exact) mass is 255 g/mol. The van der Waals surface area contributed by atoms with E-state index in [1.54, 1.807) is 0 Å². The van der Waals surface area contributed by atoms with Gasteiger partial charge in [0, 0.05) is 0 Å². The van der Waals surface area contributed by atoms with Gasteiger partial charge in [0.25, 0.3) is 0 Å². The molecule has 0 aliphatic carbocycles. The summed E-state index contributed by atoms with van der Waals surface area (Å²) in [5.74, 6) is 1.63. The molecule has 2 N–H and O–H groups in total. The molecule has 3 nitrogen and oxygen atoms in total. The molecule has 1 aliphatic rings. The molecule has 0 aromatic heterocycles. The van der Waals surface area contributed by atoms with Gasteiger partial charge in [0.2, 0.25) is 0 Å². The third-order valence-electron chi connectivity index (χ3n) is 3.29. The number of ether oxygens (including phenoxy) is 2. The van der Waals surface area contributed by atoms with Gasteiger partial charge >= 0.3 is 0 Å². The Hall–Kier alpha value is -2.00. The van der Waals surface area contributed by atoms with Crippen molar-refractivity contribution >= 4 is 0 Å². The summed E-state index contributed by atoms with van der Waals surface area (Å²) in [6.07, 6.45) is 0.868. The number of nitrogens with two attached hydrogens (primary N) is 1. The highest BCUT2D eigenvalue weighted by atomic mass is 16.6. The lowest BCUT2D eigenvalue weighted by Gasteiger charge is -2.26. The number of rotatable bonds is 3. The van der Waals surface area contributed by atoms with E-state index in [0.717, 1.165) is 23.5 Å². The standard InChI is InChI=1S/C16H17NO2/c17-10-9-12-5-7-13(8-6-12)16-11-18-14-3-1-2-4-15(14)19-16/h1-8,16H,9-11,17H2/t16-/m1/s1. The zero-order valence-corrected chi connectivity index (χ0v) is 10.7. The molecule has 98 valence electrons. The molecule has 0 radical (unpaired) electrons. The van der Waals surface area contributed by atoms with E-state index in [4.69, 9.17) is 15.2 Å². The Bertz CT molecular complexity index is 551. The van der Waals surface area contributed by atoms with Crippen LogP contribution in [0, 0.1) is 0 Å². The molecule has 19 heavy (non-hydrogen) atoms.